The lowest BCUT2D eigenvalue weighted by Gasteiger charge is -2.08. The minimum atomic E-state index is -0.463. The molecular formula is C21H18ClNO3. The lowest BCUT2D eigenvalue weighted by atomic mass is 9.96. The normalized spacial score (nSPS) is 10.6. The molecule has 3 aromatic rings. The molecule has 0 spiro atoms. The second kappa shape index (κ2) is 7.58. The van der Waals surface area contributed by atoms with Crippen molar-refractivity contribution in [3.63, 3.8) is 0 Å². The number of H-pyrrole nitrogens is 1. The third-order valence-corrected chi connectivity index (χ3v) is 4.30. The molecule has 1 aromatic heterocycles. The van der Waals surface area contributed by atoms with Gasteiger partial charge in [0, 0.05) is 22.3 Å². The van der Waals surface area contributed by atoms with Gasteiger partial charge in [-0.25, -0.2) is 4.79 Å². The van der Waals surface area contributed by atoms with Gasteiger partial charge in [0.15, 0.2) is 0 Å². The lowest BCUT2D eigenvalue weighted by molar-refractivity contribution is 0.0527. The first-order valence-electron chi connectivity index (χ1n) is 8.27. The van der Waals surface area contributed by atoms with Crippen LogP contribution in [0, 0.1) is 6.92 Å². The summed E-state index contributed by atoms with van der Waals surface area (Å²) in [5, 5.41) is 0.555. The van der Waals surface area contributed by atoms with E-state index in [0.29, 0.717) is 27.4 Å². The Morgan fingerprint density at radius 1 is 1.04 bits per heavy atom. The Balaban J connectivity index is 2.13. The predicted octanol–water partition coefficient (Wildman–Crippen LogP) is 5.05. The smallest absolute Gasteiger partial charge is 0.340 e. The molecule has 0 radical (unpaired) electrons. The molecule has 1 N–H and O–H groups in total. The summed E-state index contributed by atoms with van der Waals surface area (Å²) >= 11 is 5.90. The Labute approximate surface area is 156 Å². The first kappa shape index (κ1) is 18.0. The van der Waals surface area contributed by atoms with Crippen molar-refractivity contribution in [1.82, 2.24) is 4.98 Å². The van der Waals surface area contributed by atoms with Crippen molar-refractivity contribution >= 4 is 23.4 Å². The third kappa shape index (κ3) is 3.55. The first-order chi connectivity index (χ1) is 12.5. The van der Waals surface area contributed by atoms with E-state index in [1.165, 1.54) is 6.20 Å². The molecule has 0 saturated heterocycles. The number of rotatable bonds is 5. The second-order valence-corrected chi connectivity index (χ2v) is 6.31. The highest BCUT2D eigenvalue weighted by atomic mass is 35.5. The fourth-order valence-electron chi connectivity index (χ4n) is 2.74. The standard InChI is InChI=1S/C21H18ClNO3/c1-3-26-21(25)17-12-23-19(18(17)14-6-4-13(2)5-7-14)20(24)15-8-10-16(22)11-9-15/h4-12,23H,3H2,1-2H3. The fraction of sp³-hybridized carbons (Fsp3) is 0.143. The molecule has 5 heteroatoms. The molecule has 0 atom stereocenters. The van der Waals surface area contributed by atoms with Crippen LogP contribution in [0.15, 0.2) is 54.7 Å². The molecule has 0 aliphatic rings. The van der Waals surface area contributed by atoms with Crippen molar-refractivity contribution in [1.29, 1.82) is 0 Å². The fourth-order valence-corrected chi connectivity index (χ4v) is 2.86. The van der Waals surface area contributed by atoms with Crippen molar-refractivity contribution < 1.29 is 14.3 Å². The number of benzene rings is 2. The number of halogens is 1. The highest BCUT2D eigenvalue weighted by molar-refractivity contribution is 6.30. The molecule has 132 valence electrons. The Hall–Kier alpha value is -2.85. The van der Waals surface area contributed by atoms with E-state index in [9.17, 15) is 9.59 Å². The molecule has 0 saturated carbocycles. The largest absolute Gasteiger partial charge is 0.462 e. The number of aromatic nitrogens is 1. The SMILES string of the molecule is CCOC(=O)c1c[nH]c(C(=O)c2ccc(Cl)cc2)c1-c1ccc(C)cc1. The van der Waals surface area contributed by atoms with E-state index < -0.39 is 5.97 Å². The van der Waals surface area contributed by atoms with Crippen LogP contribution in [0.4, 0.5) is 0 Å². The quantitative estimate of drug-likeness (QED) is 0.507. The van der Waals surface area contributed by atoms with Crippen molar-refractivity contribution in [3.8, 4) is 11.1 Å². The van der Waals surface area contributed by atoms with E-state index >= 15 is 0 Å². The summed E-state index contributed by atoms with van der Waals surface area (Å²) in [5.41, 5.74) is 3.58. The van der Waals surface area contributed by atoms with Gasteiger partial charge in [-0.15, -0.1) is 0 Å². The third-order valence-electron chi connectivity index (χ3n) is 4.05. The number of carbonyl (C=O) groups excluding carboxylic acids is 2. The number of esters is 1. The Morgan fingerprint density at radius 2 is 1.69 bits per heavy atom. The predicted molar refractivity (Wildman–Crippen MR) is 102 cm³/mol. The van der Waals surface area contributed by atoms with Crippen molar-refractivity contribution in [2.24, 2.45) is 0 Å². The topological polar surface area (TPSA) is 59.2 Å². The Bertz CT molecular complexity index is 940. The molecule has 0 unspecified atom stereocenters. The summed E-state index contributed by atoms with van der Waals surface area (Å²) in [6, 6.07) is 14.3. The Morgan fingerprint density at radius 3 is 2.31 bits per heavy atom. The number of hydrogen-bond acceptors (Lipinski definition) is 3. The van der Waals surface area contributed by atoms with Gasteiger partial charge in [0.1, 0.15) is 0 Å². The number of ketones is 1. The molecule has 4 nitrogen and oxygen atoms in total. The minimum Gasteiger partial charge on any atom is -0.462 e. The minimum absolute atomic E-state index is 0.215. The molecule has 1 heterocycles. The van der Waals surface area contributed by atoms with Gasteiger partial charge in [-0.2, -0.15) is 0 Å². The number of ether oxygens (including phenoxy) is 1. The number of aryl methyl sites for hydroxylation is 1. The van der Waals surface area contributed by atoms with Gasteiger partial charge in [0.05, 0.1) is 17.9 Å². The number of nitrogens with one attached hydrogen (secondary N) is 1. The molecule has 0 amide bonds. The number of aromatic amines is 1. The highest BCUT2D eigenvalue weighted by Gasteiger charge is 2.24. The highest BCUT2D eigenvalue weighted by Crippen LogP contribution is 2.30. The maximum Gasteiger partial charge on any atom is 0.340 e. The monoisotopic (exact) mass is 367 g/mol. The molecule has 0 aliphatic carbocycles. The Kier molecular flexibility index (Phi) is 5.24. The van der Waals surface area contributed by atoms with Crippen LogP contribution in [0.1, 0.15) is 38.9 Å². The van der Waals surface area contributed by atoms with Gasteiger partial charge in [0.2, 0.25) is 5.78 Å². The van der Waals surface area contributed by atoms with Crippen LogP contribution in [0.25, 0.3) is 11.1 Å². The summed E-state index contributed by atoms with van der Waals surface area (Å²) in [5.74, 6) is -0.678. The van der Waals surface area contributed by atoms with E-state index in [2.05, 4.69) is 4.98 Å². The maximum atomic E-state index is 13.0. The van der Waals surface area contributed by atoms with Crippen molar-refractivity contribution in [2.75, 3.05) is 6.61 Å². The molecule has 0 aliphatic heterocycles. The summed E-state index contributed by atoms with van der Waals surface area (Å²) in [6.45, 7) is 3.99. The zero-order chi connectivity index (χ0) is 18.7. The average Bonchev–Trinajstić information content (AvgIpc) is 3.08. The average molecular weight is 368 g/mol. The number of carbonyl (C=O) groups is 2. The molecule has 26 heavy (non-hydrogen) atoms. The lowest BCUT2D eigenvalue weighted by Crippen LogP contribution is -2.07. The van der Waals surface area contributed by atoms with E-state index in [1.54, 1.807) is 31.2 Å². The van der Waals surface area contributed by atoms with Crippen LogP contribution in [0.2, 0.25) is 5.02 Å². The van der Waals surface area contributed by atoms with Crippen LogP contribution >= 0.6 is 11.6 Å². The number of hydrogen-bond donors (Lipinski definition) is 1. The summed E-state index contributed by atoms with van der Waals surface area (Å²) < 4.78 is 5.14. The summed E-state index contributed by atoms with van der Waals surface area (Å²) in [4.78, 5) is 28.3. The molecule has 3 rings (SSSR count). The first-order valence-corrected chi connectivity index (χ1v) is 8.65. The zero-order valence-corrected chi connectivity index (χ0v) is 15.3. The van der Waals surface area contributed by atoms with Gasteiger partial charge < -0.3 is 9.72 Å². The van der Waals surface area contributed by atoms with Gasteiger partial charge in [-0.1, -0.05) is 41.4 Å². The van der Waals surface area contributed by atoms with E-state index in [4.69, 9.17) is 16.3 Å². The van der Waals surface area contributed by atoms with Crippen LogP contribution < -0.4 is 0 Å². The molecular weight excluding hydrogens is 350 g/mol. The van der Waals surface area contributed by atoms with Gasteiger partial charge in [-0.05, 0) is 43.7 Å². The van der Waals surface area contributed by atoms with E-state index in [-0.39, 0.29) is 12.4 Å². The molecule has 0 bridgehead atoms. The maximum absolute atomic E-state index is 13.0. The van der Waals surface area contributed by atoms with E-state index in [1.807, 2.05) is 31.2 Å². The summed E-state index contributed by atoms with van der Waals surface area (Å²) in [7, 11) is 0. The molecule has 2 aromatic carbocycles. The van der Waals surface area contributed by atoms with Gasteiger partial charge >= 0.3 is 5.97 Å². The van der Waals surface area contributed by atoms with Crippen LogP contribution in [-0.4, -0.2) is 23.3 Å². The van der Waals surface area contributed by atoms with Crippen LogP contribution in [0.3, 0.4) is 0 Å². The van der Waals surface area contributed by atoms with Gasteiger partial charge in [0.25, 0.3) is 0 Å². The molecule has 0 fully saturated rings. The van der Waals surface area contributed by atoms with Crippen molar-refractivity contribution in [2.45, 2.75) is 13.8 Å². The van der Waals surface area contributed by atoms with Crippen molar-refractivity contribution in [3.05, 3.63) is 82.1 Å². The summed E-state index contributed by atoms with van der Waals surface area (Å²) in [6.07, 6.45) is 1.52. The van der Waals surface area contributed by atoms with Crippen LogP contribution in [-0.2, 0) is 4.74 Å². The van der Waals surface area contributed by atoms with Gasteiger partial charge in [-0.3, -0.25) is 4.79 Å². The second-order valence-electron chi connectivity index (χ2n) is 5.87. The van der Waals surface area contributed by atoms with E-state index in [0.717, 1.165) is 11.1 Å². The van der Waals surface area contributed by atoms with Crippen LogP contribution in [0.5, 0.6) is 0 Å². The zero-order valence-electron chi connectivity index (χ0n) is 14.5.